The van der Waals surface area contributed by atoms with Crippen LogP contribution in [0.5, 0.6) is 0 Å². The molecule has 0 aliphatic carbocycles. The number of hydrogen-bond acceptors (Lipinski definition) is 6. The molecular formula is C24H35N5O3. The first-order chi connectivity index (χ1) is 15.7. The van der Waals surface area contributed by atoms with Gasteiger partial charge in [0, 0.05) is 25.1 Å². The summed E-state index contributed by atoms with van der Waals surface area (Å²) in [6, 6.07) is 9.87. The van der Waals surface area contributed by atoms with Crippen LogP contribution in [0.2, 0.25) is 0 Å². The van der Waals surface area contributed by atoms with Gasteiger partial charge in [-0.05, 0) is 45.2 Å². The van der Waals surface area contributed by atoms with Crippen LogP contribution in [0.4, 0.5) is 0 Å². The number of amides is 1. The van der Waals surface area contributed by atoms with Crippen LogP contribution in [0.15, 0.2) is 36.5 Å². The van der Waals surface area contributed by atoms with Crippen molar-refractivity contribution in [2.24, 2.45) is 0 Å². The number of aryl methyl sites for hydroxylation is 1. The van der Waals surface area contributed by atoms with Crippen molar-refractivity contribution in [1.82, 2.24) is 25.2 Å². The van der Waals surface area contributed by atoms with E-state index in [9.17, 15) is 9.90 Å². The fraction of sp³-hybridized carbons (Fsp3) is 0.625. The van der Waals surface area contributed by atoms with Gasteiger partial charge in [0.2, 0.25) is 5.91 Å². The van der Waals surface area contributed by atoms with Crippen molar-refractivity contribution < 1.29 is 14.6 Å². The summed E-state index contributed by atoms with van der Waals surface area (Å²) in [5, 5.41) is 21.4. The minimum atomic E-state index is -0.358. The second-order valence-electron chi connectivity index (χ2n) is 8.90. The van der Waals surface area contributed by atoms with Gasteiger partial charge in [0.15, 0.2) is 0 Å². The quantitative estimate of drug-likeness (QED) is 0.620. The summed E-state index contributed by atoms with van der Waals surface area (Å²) in [6.45, 7) is 3.62. The lowest BCUT2D eigenvalue weighted by molar-refractivity contribution is -0.129. The van der Waals surface area contributed by atoms with Gasteiger partial charge < -0.3 is 20.1 Å². The van der Waals surface area contributed by atoms with Gasteiger partial charge in [-0.25, -0.2) is 0 Å². The standard InChI is InChI=1S/C24H35N5O3/c30-18-23-21(25-24(31)12-15-28-13-5-2-6-14-28)10-9-20(32-23)11-16-29-17-22(26-27-29)19-7-3-1-4-8-19/h1,3-4,7-8,17,20-21,23,30H,2,5-6,9-16,18H2,(H,25,31)/t20-,21-,23+/m0/s1. The molecule has 3 atom stereocenters. The highest BCUT2D eigenvalue weighted by molar-refractivity contribution is 5.76. The lowest BCUT2D eigenvalue weighted by atomic mass is 9.97. The van der Waals surface area contributed by atoms with Gasteiger partial charge in [-0.15, -0.1) is 5.10 Å². The predicted molar refractivity (Wildman–Crippen MR) is 122 cm³/mol. The Morgan fingerprint density at radius 3 is 2.72 bits per heavy atom. The van der Waals surface area contributed by atoms with Gasteiger partial charge in [-0.3, -0.25) is 9.48 Å². The number of piperidine rings is 1. The summed E-state index contributed by atoms with van der Waals surface area (Å²) in [4.78, 5) is 14.8. The maximum absolute atomic E-state index is 12.4. The first-order valence-electron chi connectivity index (χ1n) is 11.9. The third-order valence-corrected chi connectivity index (χ3v) is 6.53. The second kappa shape index (κ2) is 11.5. The Morgan fingerprint density at radius 1 is 1.12 bits per heavy atom. The Hall–Kier alpha value is -2.29. The van der Waals surface area contributed by atoms with E-state index in [4.69, 9.17) is 4.74 Å². The number of carbonyl (C=O) groups excluding carboxylic acids is 1. The lowest BCUT2D eigenvalue weighted by Crippen LogP contribution is -2.51. The molecule has 2 aliphatic rings. The molecule has 1 amide bonds. The van der Waals surface area contributed by atoms with Crippen molar-refractivity contribution in [3.8, 4) is 11.3 Å². The molecule has 2 fully saturated rings. The summed E-state index contributed by atoms with van der Waals surface area (Å²) in [5.74, 6) is 0.0529. The van der Waals surface area contributed by atoms with E-state index in [1.807, 2.05) is 41.2 Å². The third-order valence-electron chi connectivity index (χ3n) is 6.53. The summed E-state index contributed by atoms with van der Waals surface area (Å²) >= 11 is 0. The molecule has 8 heteroatoms. The third kappa shape index (κ3) is 6.37. The van der Waals surface area contributed by atoms with Crippen LogP contribution in [0, 0.1) is 0 Å². The Balaban J connectivity index is 1.20. The van der Waals surface area contributed by atoms with Crippen LogP contribution in [0.1, 0.15) is 44.9 Å². The van der Waals surface area contributed by atoms with Crippen molar-refractivity contribution in [2.45, 2.75) is 69.7 Å². The molecule has 8 nitrogen and oxygen atoms in total. The normalized spacial score (nSPS) is 24.3. The van der Waals surface area contributed by atoms with Gasteiger partial charge >= 0.3 is 0 Å². The van der Waals surface area contributed by atoms with Gasteiger partial charge in [-0.2, -0.15) is 0 Å². The number of nitrogens with one attached hydrogen (secondary N) is 1. The zero-order valence-corrected chi connectivity index (χ0v) is 18.7. The number of hydrogen-bond donors (Lipinski definition) is 2. The van der Waals surface area contributed by atoms with E-state index in [0.29, 0.717) is 13.0 Å². The fourth-order valence-electron chi connectivity index (χ4n) is 4.66. The molecule has 1 aromatic carbocycles. The van der Waals surface area contributed by atoms with Crippen LogP contribution >= 0.6 is 0 Å². The number of nitrogens with zero attached hydrogens (tertiary/aromatic N) is 4. The molecule has 4 rings (SSSR count). The van der Waals surface area contributed by atoms with Gasteiger partial charge in [0.25, 0.3) is 0 Å². The molecular weight excluding hydrogens is 406 g/mol. The molecule has 1 aromatic heterocycles. The first kappa shape index (κ1) is 22.9. The van der Waals surface area contributed by atoms with Crippen LogP contribution in [0.3, 0.4) is 0 Å². The monoisotopic (exact) mass is 441 g/mol. The summed E-state index contributed by atoms with van der Waals surface area (Å²) < 4.78 is 7.96. The molecule has 174 valence electrons. The van der Waals surface area contributed by atoms with Gasteiger partial charge in [0.1, 0.15) is 11.8 Å². The summed E-state index contributed by atoms with van der Waals surface area (Å²) in [5.41, 5.74) is 1.91. The zero-order valence-electron chi connectivity index (χ0n) is 18.7. The summed E-state index contributed by atoms with van der Waals surface area (Å²) in [7, 11) is 0. The van der Waals surface area contributed by atoms with Crippen LogP contribution in [-0.2, 0) is 16.1 Å². The Labute approximate surface area is 189 Å². The van der Waals surface area contributed by atoms with Crippen LogP contribution in [-0.4, -0.2) is 75.4 Å². The van der Waals surface area contributed by atoms with E-state index < -0.39 is 0 Å². The van der Waals surface area contributed by atoms with E-state index in [0.717, 1.165) is 50.2 Å². The molecule has 0 unspecified atom stereocenters. The second-order valence-corrected chi connectivity index (χ2v) is 8.90. The summed E-state index contributed by atoms with van der Waals surface area (Å²) in [6.07, 6.45) is 8.37. The number of benzene rings is 1. The number of likely N-dealkylation sites (tertiary alicyclic amines) is 1. The van der Waals surface area contributed by atoms with Crippen LogP contribution < -0.4 is 5.32 Å². The van der Waals surface area contributed by atoms with Crippen molar-refractivity contribution in [3.63, 3.8) is 0 Å². The minimum Gasteiger partial charge on any atom is -0.394 e. The molecule has 2 aliphatic heterocycles. The Kier molecular flexibility index (Phi) is 8.25. The van der Waals surface area contributed by atoms with Crippen LogP contribution in [0.25, 0.3) is 11.3 Å². The maximum atomic E-state index is 12.4. The van der Waals surface area contributed by atoms with Crippen molar-refractivity contribution in [2.75, 3.05) is 26.2 Å². The molecule has 2 aromatic rings. The number of carbonyl (C=O) groups is 1. The zero-order chi connectivity index (χ0) is 22.2. The molecule has 0 spiro atoms. The highest BCUT2D eigenvalue weighted by atomic mass is 16.5. The average molecular weight is 442 g/mol. The number of aromatic nitrogens is 3. The fourth-order valence-corrected chi connectivity index (χ4v) is 4.66. The van der Waals surface area contributed by atoms with Crippen molar-refractivity contribution in [1.29, 1.82) is 0 Å². The number of aliphatic hydroxyl groups is 1. The van der Waals surface area contributed by atoms with Gasteiger partial charge in [-0.1, -0.05) is 42.0 Å². The molecule has 32 heavy (non-hydrogen) atoms. The minimum absolute atomic E-state index is 0.0398. The smallest absolute Gasteiger partial charge is 0.221 e. The van der Waals surface area contributed by atoms with E-state index in [1.54, 1.807) is 0 Å². The SMILES string of the molecule is O=C(CCN1CCCCC1)N[C@H]1CC[C@@H](CCn2cc(-c3ccccc3)nn2)O[C@@H]1CO. The Bertz CT molecular complexity index is 837. The van der Waals surface area contributed by atoms with Crippen molar-refractivity contribution >= 4 is 5.91 Å². The lowest BCUT2D eigenvalue weighted by Gasteiger charge is -2.36. The van der Waals surface area contributed by atoms with Crippen molar-refractivity contribution in [3.05, 3.63) is 36.5 Å². The van der Waals surface area contributed by atoms with E-state index >= 15 is 0 Å². The molecule has 0 bridgehead atoms. The average Bonchev–Trinajstić information content (AvgIpc) is 3.32. The van der Waals surface area contributed by atoms with Gasteiger partial charge in [0.05, 0.1) is 24.9 Å². The number of rotatable bonds is 9. The van der Waals surface area contributed by atoms with E-state index in [1.165, 1.54) is 19.3 Å². The number of ether oxygens (including phenoxy) is 1. The topological polar surface area (TPSA) is 92.5 Å². The predicted octanol–water partition coefficient (Wildman–Crippen LogP) is 2.24. The highest BCUT2D eigenvalue weighted by Gasteiger charge is 2.31. The molecule has 0 radical (unpaired) electrons. The van der Waals surface area contributed by atoms with E-state index in [2.05, 4.69) is 20.5 Å². The maximum Gasteiger partial charge on any atom is 0.221 e. The molecule has 3 heterocycles. The first-order valence-corrected chi connectivity index (χ1v) is 11.9. The largest absolute Gasteiger partial charge is 0.394 e. The molecule has 0 saturated carbocycles. The number of aliphatic hydroxyl groups excluding tert-OH is 1. The van der Waals surface area contributed by atoms with E-state index in [-0.39, 0.29) is 30.8 Å². The molecule has 2 N–H and O–H groups in total. The molecule has 2 saturated heterocycles. The Morgan fingerprint density at radius 2 is 1.94 bits per heavy atom. The highest BCUT2D eigenvalue weighted by Crippen LogP contribution is 2.23.